The first-order chi connectivity index (χ1) is 10.2. The van der Waals surface area contributed by atoms with Gasteiger partial charge in [0.2, 0.25) is 0 Å². The number of benzene rings is 1. The van der Waals surface area contributed by atoms with Crippen LogP contribution in [0.1, 0.15) is 30.8 Å². The number of hydrogen-bond donors (Lipinski definition) is 1. The smallest absolute Gasteiger partial charge is 0.170 e. The van der Waals surface area contributed by atoms with Crippen molar-refractivity contribution >= 4 is 23.3 Å². The van der Waals surface area contributed by atoms with E-state index in [0.717, 1.165) is 34.6 Å². The van der Waals surface area contributed by atoms with E-state index in [0.29, 0.717) is 0 Å². The van der Waals surface area contributed by atoms with E-state index < -0.39 is 0 Å². The summed E-state index contributed by atoms with van der Waals surface area (Å²) in [6, 6.07) is 8.43. The Morgan fingerprint density at radius 3 is 2.86 bits per heavy atom. The maximum Gasteiger partial charge on any atom is 0.170 e. The monoisotopic (exact) mass is 323 g/mol. The average Bonchev–Trinajstić information content (AvgIpc) is 2.93. The lowest BCUT2D eigenvalue weighted by Gasteiger charge is -2.20. The van der Waals surface area contributed by atoms with Gasteiger partial charge in [0.05, 0.1) is 7.11 Å². The van der Waals surface area contributed by atoms with Crippen molar-refractivity contribution in [2.45, 2.75) is 30.6 Å². The summed E-state index contributed by atoms with van der Waals surface area (Å²) in [6.45, 7) is 5.08. The first kappa shape index (κ1) is 16.3. The number of hydrogen-bond acceptors (Lipinski definition) is 6. The van der Waals surface area contributed by atoms with Crippen LogP contribution in [0.25, 0.3) is 0 Å². The Hall–Kier alpha value is -1.11. The van der Waals surface area contributed by atoms with Gasteiger partial charge in [0, 0.05) is 17.4 Å². The van der Waals surface area contributed by atoms with Gasteiger partial charge in [-0.3, -0.25) is 0 Å². The lowest BCUT2D eigenvalue weighted by molar-refractivity contribution is 0.402. The predicted octanol–water partition coefficient (Wildman–Crippen LogP) is 3.69. The molecule has 0 aliphatic heterocycles. The molecule has 2 rings (SSSR count). The third-order valence-corrected chi connectivity index (χ3v) is 5.06. The molecule has 1 aromatic heterocycles. The molecule has 0 saturated heterocycles. The van der Waals surface area contributed by atoms with Crippen molar-refractivity contribution in [1.29, 1.82) is 0 Å². The van der Waals surface area contributed by atoms with Crippen LogP contribution in [-0.2, 0) is 0 Å². The molecule has 1 atom stereocenters. The highest BCUT2D eigenvalue weighted by Gasteiger charge is 2.16. The Morgan fingerprint density at radius 1 is 1.38 bits per heavy atom. The molecule has 0 bridgehead atoms. The number of ether oxygens (including phenoxy) is 1. The quantitative estimate of drug-likeness (QED) is 0.751. The van der Waals surface area contributed by atoms with Crippen LogP contribution in [0, 0.1) is 6.92 Å². The third kappa shape index (κ3) is 4.69. The summed E-state index contributed by atoms with van der Waals surface area (Å²) >= 11 is 3.20. The second-order valence-electron chi connectivity index (χ2n) is 4.67. The molecule has 0 radical (unpaired) electrons. The van der Waals surface area contributed by atoms with Gasteiger partial charge in [0.1, 0.15) is 11.6 Å². The Kier molecular flexibility index (Phi) is 6.48. The van der Waals surface area contributed by atoms with E-state index in [-0.39, 0.29) is 6.04 Å². The number of rotatable bonds is 8. The number of nitrogens with one attached hydrogen (secondary N) is 1. The molecule has 1 unspecified atom stereocenters. The van der Waals surface area contributed by atoms with Crippen molar-refractivity contribution in [3.63, 3.8) is 0 Å². The van der Waals surface area contributed by atoms with E-state index in [9.17, 15) is 0 Å². The van der Waals surface area contributed by atoms with Crippen molar-refractivity contribution in [3.05, 3.63) is 35.7 Å². The number of aryl methyl sites for hydroxylation is 1. The summed E-state index contributed by atoms with van der Waals surface area (Å²) in [5, 5.41) is 3.59. The van der Waals surface area contributed by atoms with Gasteiger partial charge in [-0.2, -0.15) is 4.37 Å². The zero-order valence-corrected chi connectivity index (χ0v) is 14.3. The number of thioether (sulfide) groups is 1. The maximum atomic E-state index is 5.49. The summed E-state index contributed by atoms with van der Waals surface area (Å²) in [7, 11) is 1.72. The lowest BCUT2D eigenvalue weighted by atomic mass is 10.1. The molecular weight excluding hydrogens is 302 g/mol. The van der Waals surface area contributed by atoms with E-state index in [1.807, 2.05) is 19.1 Å². The zero-order valence-electron chi connectivity index (χ0n) is 12.6. The van der Waals surface area contributed by atoms with E-state index in [2.05, 4.69) is 33.7 Å². The summed E-state index contributed by atoms with van der Waals surface area (Å²) < 4.78 is 10.7. The van der Waals surface area contributed by atoms with E-state index in [1.165, 1.54) is 17.1 Å². The molecule has 0 spiro atoms. The Balaban J connectivity index is 2.09. The van der Waals surface area contributed by atoms with Gasteiger partial charge in [-0.05, 0) is 37.5 Å². The molecule has 0 amide bonds. The number of para-hydroxylation sites is 1. The standard InChI is InChI=1S/C15H21N3OS2/c1-4-9-16-13(10-20-15-17-11(2)18-21-15)12-7-5-6-8-14(12)19-3/h5-8,13,16H,4,9-10H2,1-3H3. The topological polar surface area (TPSA) is 47.0 Å². The first-order valence-electron chi connectivity index (χ1n) is 7.04. The van der Waals surface area contributed by atoms with Crippen LogP contribution in [-0.4, -0.2) is 28.8 Å². The fourth-order valence-corrected chi connectivity index (χ4v) is 3.78. The van der Waals surface area contributed by atoms with Gasteiger partial charge in [0.15, 0.2) is 4.34 Å². The van der Waals surface area contributed by atoms with Crippen LogP contribution in [0.5, 0.6) is 5.75 Å². The number of methoxy groups -OCH3 is 1. The van der Waals surface area contributed by atoms with Gasteiger partial charge in [-0.1, -0.05) is 36.9 Å². The normalized spacial score (nSPS) is 12.3. The van der Waals surface area contributed by atoms with E-state index in [1.54, 1.807) is 18.9 Å². The molecular formula is C15H21N3OS2. The molecule has 1 aromatic carbocycles. The Bertz CT molecular complexity index is 559. The molecule has 0 aliphatic rings. The van der Waals surface area contributed by atoms with Crippen molar-refractivity contribution in [2.24, 2.45) is 0 Å². The van der Waals surface area contributed by atoms with Crippen LogP contribution in [0.2, 0.25) is 0 Å². The average molecular weight is 323 g/mol. The Labute approximate surface area is 134 Å². The van der Waals surface area contributed by atoms with Crippen LogP contribution in [0.15, 0.2) is 28.6 Å². The second kappa shape index (κ2) is 8.36. The predicted molar refractivity (Wildman–Crippen MR) is 89.4 cm³/mol. The molecule has 0 aliphatic carbocycles. The van der Waals surface area contributed by atoms with Gasteiger partial charge >= 0.3 is 0 Å². The fourth-order valence-electron chi connectivity index (χ4n) is 2.02. The minimum absolute atomic E-state index is 0.246. The second-order valence-corrected chi connectivity index (χ2v) is 6.69. The van der Waals surface area contributed by atoms with Crippen LogP contribution < -0.4 is 10.1 Å². The fraction of sp³-hybridized carbons (Fsp3) is 0.467. The molecule has 114 valence electrons. The SMILES string of the molecule is CCCNC(CSc1nc(C)ns1)c1ccccc1OC. The largest absolute Gasteiger partial charge is 0.496 e. The highest BCUT2D eigenvalue weighted by atomic mass is 32.2. The Morgan fingerprint density at radius 2 is 2.19 bits per heavy atom. The number of nitrogens with zero attached hydrogens (tertiary/aromatic N) is 2. The van der Waals surface area contributed by atoms with Gasteiger partial charge in [-0.15, -0.1) is 0 Å². The summed E-state index contributed by atoms with van der Waals surface area (Å²) in [5.41, 5.74) is 1.20. The molecule has 4 nitrogen and oxygen atoms in total. The molecule has 2 aromatic rings. The van der Waals surface area contributed by atoms with Gasteiger partial charge < -0.3 is 10.1 Å². The van der Waals surface area contributed by atoms with Crippen molar-refractivity contribution in [3.8, 4) is 5.75 Å². The summed E-state index contributed by atoms with van der Waals surface area (Å²) in [5.74, 6) is 2.69. The van der Waals surface area contributed by atoms with Crippen LogP contribution in [0.3, 0.4) is 0 Å². The third-order valence-electron chi connectivity index (χ3n) is 3.04. The first-order valence-corrected chi connectivity index (χ1v) is 8.80. The molecule has 1 N–H and O–H groups in total. The van der Waals surface area contributed by atoms with Crippen molar-refractivity contribution in [1.82, 2.24) is 14.7 Å². The summed E-state index contributed by atoms with van der Waals surface area (Å²) in [4.78, 5) is 4.41. The minimum Gasteiger partial charge on any atom is -0.496 e. The van der Waals surface area contributed by atoms with Crippen LogP contribution >= 0.6 is 23.3 Å². The highest BCUT2D eigenvalue weighted by molar-refractivity contribution is 8.00. The van der Waals surface area contributed by atoms with E-state index in [4.69, 9.17) is 4.74 Å². The zero-order chi connectivity index (χ0) is 15.1. The molecule has 6 heteroatoms. The number of aromatic nitrogens is 2. The van der Waals surface area contributed by atoms with Crippen LogP contribution in [0.4, 0.5) is 0 Å². The minimum atomic E-state index is 0.246. The summed E-state index contributed by atoms with van der Waals surface area (Å²) in [6.07, 6.45) is 1.11. The van der Waals surface area contributed by atoms with Crippen molar-refractivity contribution < 1.29 is 4.74 Å². The molecule has 1 heterocycles. The van der Waals surface area contributed by atoms with Gasteiger partial charge in [-0.25, -0.2) is 4.98 Å². The lowest BCUT2D eigenvalue weighted by Crippen LogP contribution is -2.24. The van der Waals surface area contributed by atoms with E-state index >= 15 is 0 Å². The highest BCUT2D eigenvalue weighted by Crippen LogP contribution is 2.30. The van der Waals surface area contributed by atoms with Crippen molar-refractivity contribution in [2.75, 3.05) is 19.4 Å². The maximum absolute atomic E-state index is 5.49. The molecule has 0 fully saturated rings. The van der Waals surface area contributed by atoms with Gasteiger partial charge in [0.25, 0.3) is 0 Å². The molecule has 21 heavy (non-hydrogen) atoms. The molecule has 0 saturated carbocycles.